The van der Waals surface area contributed by atoms with Crippen molar-refractivity contribution < 1.29 is 15.0 Å². The summed E-state index contributed by atoms with van der Waals surface area (Å²) in [4.78, 5) is 12.0. The molecule has 5 heteroatoms. The van der Waals surface area contributed by atoms with Gasteiger partial charge in [-0.05, 0) is 29.3 Å². The molecule has 0 bridgehead atoms. The molecule has 0 saturated heterocycles. The number of hydrogen-bond acceptors (Lipinski definition) is 4. The summed E-state index contributed by atoms with van der Waals surface area (Å²) in [5.41, 5.74) is 1.37. The van der Waals surface area contributed by atoms with Gasteiger partial charge in [-0.3, -0.25) is 4.79 Å². The molecule has 0 radical (unpaired) electrons. The van der Waals surface area contributed by atoms with Gasteiger partial charge in [0, 0.05) is 6.54 Å². The van der Waals surface area contributed by atoms with Crippen LogP contribution in [0.4, 0.5) is 0 Å². The summed E-state index contributed by atoms with van der Waals surface area (Å²) < 4.78 is 0. The average Bonchev–Trinajstić information content (AvgIpc) is 2.60. The quantitative estimate of drug-likeness (QED) is 0.448. The van der Waals surface area contributed by atoms with Gasteiger partial charge in [-0.1, -0.05) is 48.6 Å². The molecular formula is C19H16N2O3. The fourth-order valence-electron chi connectivity index (χ4n) is 1.95. The van der Waals surface area contributed by atoms with Gasteiger partial charge < -0.3 is 15.5 Å². The predicted molar refractivity (Wildman–Crippen MR) is 91.8 cm³/mol. The van der Waals surface area contributed by atoms with Crippen LogP contribution in [0.2, 0.25) is 0 Å². The highest BCUT2D eigenvalue weighted by molar-refractivity contribution is 6.01. The van der Waals surface area contributed by atoms with E-state index in [1.54, 1.807) is 6.08 Å². The van der Waals surface area contributed by atoms with Gasteiger partial charge in [0.2, 0.25) is 0 Å². The zero-order valence-electron chi connectivity index (χ0n) is 12.8. The lowest BCUT2D eigenvalue weighted by Crippen LogP contribution is -2.24. The standard InChI is InChI=1S/C19H16N2O3/c20-13-16(11-15-8-9-17(22)18(23)12-15)19(24)21-10-4-7-14-5-2-1-3-6-14/h1-9,11-12,22-23H,10H2,(H,21,24)/b7-4+,16-11+. The van der Waals surface area contributed by atoms with Crippen molar-refractivity contribution in [2.45, 2.75) is 0 Å². The Morgan fingerprint density at radius 1 is 1.08 bits per heavy atom. The van der Waals surface area contributed by atoms with Crippen LogP contribution in [0.5, 0.6) is 11.5 Å². The third-order valence-corrected chi connectivity index (χ3v) is 3.17. The van der Waals surface area contributed by atoms with Crippen LogP contribution in [0.1, 0.15) is 11.1 Å². The number of rotatable bonds is 5. The second kappa shape index (κ2) is 8.20. The van der Waals surface area contributed by atoms with Gasteiger partial charge in [0.05, 0.1) is 0 Å². The molecule has 0 heterocycles. The second-order valence-electron chi connectivity index (χ2n) is 4.94. The van der Waals surface area contributed by atoms with Crippen LogP contribution in [0.15, 0.2) is 60.2 Å². The highest BCUT2D eigenvalue weighted by Gasteiger charge is 2.08. The van der Waals surface area contributed by atoms with E-state index in [1.807, 2.05) is 42.5 Å². The lowest BCUT2D eigenvalue weighted by Gasteiger charge is -2.02. The number of nitrogens with zero attached hydrogens (tertiary/aromatic N) is 1. The van der Waals surface area contributed by atoms with Gasteiger partial charge in [0.25, 0.3) is 5.91 Å². The van der Waals surface area contributed by atoms with E-state index in [4.69, 9.17) is 5.26 Å². The van der Waals surface area contributed by atoms with E-state index in [-0.39, 0.29) is 23.6 Å². The molecule has 2 rings (SSSR count). The summed E-state index contributed by atoms with van der Waals surface area (Å²) in [6.45, 7) is 0.285. The Labute approximate surface area is 139 Å². The van der Waals surface area contributed by atoms with Gasteiger partial charge in [0.1, 0.15) is 11.6 Å². The van der Waals surface area contributed by atoms with Crippen molar-refractivity contribution in [3.05, 3.63) is 71.3 Å². The van der Waals surface area contributed by atoms with Crippen LogP contribution in [0, 0.1) is 11.3 Å². The third-order valence-electron chi connectivity index (χ3n) is 3.17. The second-order valence-corrected chi connectivity index (χ2v) is 4.94. The molecule has 0 aliphatic carbocycles. The molecule has 0 spiro atoms. The smallest absolute Gasteiger partial charge is 0.262 e. The average molecular weight is 320 g/mol. The predicted octanol–water partition coefficient (Wildman–Crippen LogP) is 2.83. The SMILES string of the molecule is N#C/C(=C\c1ccc(O)c(O)c1)C(=O)NC/C=C/c1ccccc1. The number of nitriles is 1. The number of phenols is 2. The number of benzene rings is 2. The number of carbonyl (C=O) groups is 1. The molecule has 2 aromatic rings. The van der Waals surface area contributed by atoms with E-state index in [2.05, 4.69) is 5.32 Å². The lowest BCUT2D eigenvalue weighted by atomic mass is 10.1. The number of nitrogens with one attached hydrogen (secondary N) is 1. The molecule has 0 saturated carbocycles. The molecule has 0 aromatic heterocycles. The zero-order valence-corrected chi connectivity index (χ0v) is 12.8. The number of carbonyl (C=O) groups excluding carboxylic acids is 1. The molecule has 0 fully saturated rings. The van der Waals surface area contributed by atoms with Crippen LogP contribution in [-0.2, 0) is 4.79 Å². The highest BCUT2D eigenvalue weighted by Crippen LogP contribution is 2.25. The Balaban J connectivity index is 1.98. The summed E-state index contributed by atoms with van der Waals surface area (Å²) in [6, 6.07) is 15.5. The maximum absolute atomic E-state index is 12.0. The minimum Gasteiger partial charge on any atom is -0.504 e. The summed E-state index contributed by atoms with van der Waals surface area (Å²) in [6.07, 6.45) is 5.00. The zero-order chi connectivity index (χ0) is 17.4. The van der Waals surface area contributed by atoms with Crippen molar-refractivity contribution in [3.63, 3.8) is 0 Å². The van der Waals surface area contributed by atoms with Gasteiger partial charge in [0.15, 0.2) is 11.5 Å². The summed E-state index contributed by atoms with van der Waals surface area (Å²) in [5, 5.41) is 30.4. The van der Waals surface area contributed by atoms with E-state index >= 15 is 0 Å². The molecular weight excluding hydrogens is 304 g/mol. The molecule has 1 amide bonds. The van der Waals surface area contributed by atoms with Gasteiger partial charge in [-0.15, -0.1) is 0 Å². The normalized spacial score (nSPS) is 11.2. The fraction of sp³-hybridized carbons (Fsp3) is 0.0526. The summed E-state index contributed by atoms with van der Waals surface area (Å²) >= 11 is 0. The molecule has 24 heavy (non-hydrogen) atoms. The van der Waals surface area contributed by atoms with Crippen molar-refractivity contribution in [3.8, 4) is 17.6 Å². The van der Waals surface area contributed by atoms with Gasteiger partial charge in [-0.25, -0.2) is 0 Å². The number of phenolic OH excluding ortho intramolecular Hbond substituents is 2. The molecule has 120 valence electrons. The first-order valence-corrected chi connectivity index (χ1v) is 7.23. The Hall–Kier alpha value is -3.52. The van der Waals surface area contributed by atoms with E-state index in [1.165, 1.54) is 24.3 Å². The molecule has 2 aromatic carbocycles. The third kappa shape index (κ3) is 4.75. The van der Waals surface area contributed by atoms with Crippen molar-refractivity contribution in [1.82, 2.24) is 5.32 Å². The minimum atomic E-state index is -0.511. The number of hydrogen-bond donors (Lipinski definition) is 3. The fourth-order valence-corrected chi connectivity index (χ4v) is 1.95. The van der Waals surface area contributed by atoms with Crippen LogP contribution >= 0.6 is 0 Å². The first-order chi connectivity index (χ1) is 11.6. The first kappa shape index (κ1) is 16.8. The molecule has 0 atom stereocenters. The molecule has 3 N–H and O–H groups in total. The van der Waals surface area contributed by atoms with Crippen molar-refractivity contribution in [2.24, 2.45) is 0 Å². The number of amides is 1. The van der Waals surface area contributed by atoms with E-state index in [0.29, 0.717) is 5.56 Å². The highest BCUT2D eigenvalue weighted by atomic mass is 16.3. The molecule has 5 nitrogen and oxygen atoms in total. The summed E-state index contributed by atoms with van der Waals surface area (Å²) in [7, 11) is 0. The Kier molecular flexibility index (Phi) is 5.76. The summed E-state index contributed by atoms with van der Waals surface area (Å²) in [5.74, 6) is -1.09. The molecule has 0 aliphatic rings. The molecule has 0 aliphatic heterocycles. The maximum Gasteiger partial charge on any atom is 0.262 e. The largest absolute Gasteiger partial charge is 0.504 e. The van der Waals surface area contributed by atoms with Crippen LogP contribution in [0.25, 0.3) is 12.2 Å². The lowest BCUT2D eigenvalue weighted by molar-refractivity contribution is -0.116. The Morgan fingerprint density at radius 2 is 1.83 bits per heavy atom. The van der Waals surface area contributed by atoms with Gasteiger partial charge in [-0.2, -0.15) is 5.26 Å². The van der Waals surface area contributed by atoms with Crippen LogP contribution < -0.4 is 5.32 Å². The Bertz CT molecular complexity index is 818. The minimum absolute atomic E-state index is 0.0896. The van der Waals surface area contributed by atoms with Crippen molar-refractivity contribution in [2.75, 3.05) is 6.54 Å². The van der Waals surface area contributed by atoms with Gasteiger partial charge >= 0.3 is 0 Å². The first-order valence-electron chi connectivity index (χ1n) is 7.23. The topological polar surface area (TPSA) is 93.3 Å². The Morgan fingerprint density at radius 3 is 2.50 bits per heavy atom. The van der Waals surface area contributed by atoms with E-state index in [0.717, 1.165) is 5.56 Å². The monoisotopic (exact) mass is 320 g/mol. The van der Waals surface area contributed by atoms with E-state index < -0.39 is 5.91 Å². The maximum atomic E-state index is 12.0. The van der Waals surface area contributed by atoms with Crippen LogP contribution in [-0.4, -0.2) is 22.7 Å². The number of aromatic hydroxyl groups is 2. The van der Waals surface area contributed by atoms with Crippen molar-refractivity contribution in [1.29, 1.82) is 5.26 Å². The molecule has 0 unspecified atom stereocenters. The van der Waals surface area contributed by atoms with Crippen molar-refractivity contribution >= 4 is 18.1 Å². The van der Waals surface area contributed by atoms with Crippen LogP contribution in [0.3, 0.4) is 0 Å². The van der Waals surface area contributed by atoms with E-state index in [9.17, 15) is 15.0 Å².